The number of esters is 1. The van der Waals surface area contributed by atoms with E-state index in [2.05, 4.69) is 0 Å². The monoisotopic (exact) mass is 344 g/mol. The third kappa shape index (κ3) is 3.60. The first-order valence-electron chi connectivity index (χ1n) is 7.83. The van der Waals surface area contributed by atoms with Crippen LogP contribution in [0.1, 0.15) is 23.5 Å². The molecule has 3 rings (SSSR count). The molecule has 3 atom stereocenters. The summed E-state index contributed by atoms with van der Waals surface area (Å²) in [6.45, 7) is 0. The number of rotatable bonds is 5. The summed E-state index contributed by atoms with van der Waals surface area (Å²) in [7, 11) is 4.53. The van der Waals surface area contributed by atoms with E-state index in [0.717, 1.165) is 22.6 Å². The summed E-state index contributed by atoms with van der Waals surface area (Å²) in [5.41, 5.74) is 1.61. The Labute approximate surface area is 146 Å². The molecule has 6 nitrogen and oxygen atoms in total. The molecule has 0 amide bonds. The Balaban J connectivity index is 1.85. The normalized spacial score (nSPS) is 22.4. The zero-order valence-corrected chi connectivity index (χ0v) is 14.3. The maximum absolute atomic E-state index is 12.1. The van der Waals surface area contributed by atoms with Crippen LogP contribution in [-0.2, 0) is 19.0 Å². The lowest BCUT2D eigenvalue weighted by atomic mass is 10.0. The van der Waals surface area contributed by atoms with Gasteiger partial charge in [0.25, 0.3) is 0 Å². The fourth-order valence-electron chi connectivity index (χ4n) is 2.70. The zero-order chi connectivity index (χ0) is 17.8. The van der Waals surface area contributed by atoms with Gasteiger partial charge in [-0.05, 0) is 29.8 Å². The first-order chi connectivity index (χ1) is 12.2. The van der Waals surface area contributed by atoms with Gasteiger partial charge < -0.3 is 23.7 Å². The van der Waals surface area contributed by atoms with Crippen molar-refractivity contribution in [2.24, 2.45) is 0 Å². The van der Waals surface area contributed by atoms with Gasteiger partial charge in [-0.25, -0.2) is 4.79 Å². The molecule has 1 aliphatic heterocycles. The molecule has 1 heterocycles. The van der Waals surface area contributed by atoms with Gasteiger partial charge in [-0.2, -0.15) is 0 Å². The highest BCUT2D eigenvalue weighted by atomic mass is 16.7. The second kappa shape index (κ2) is 7.55. The van der Waals surface area contributed by atoms with Gasteiger partial charge in [-0.3, -0.25) is 0 Å². The maximum Gasteiger partial charge on any atom is 0.338 e. The molecule has 25 heavy (non-hydrogen) atoms. The number of hydrogen-bond acceptors (Lipinski definition) is 6. The predicted molar refractivity (Wildman–Crippen MR) is 89.4 cm³/mol. The fourth-order valence-corrected chi connectivity index (χ4v) is 2.70. The highest BCUT2D eigenvalue weighted by Crippen LogP contribution is 2.41. The Kier molecular flexibility index (Phi) is 5.21. The van der Waals surface area contributed by atoms with Crippen molar-refractivity contribution in [1.29, 1.82) is 0 Å². The molecular weight excluding hydrogens is 324 g/mol. The number of carbonyl (C=O) groups is 1. The van der Waals surface area contributed by atoms with Gasteiger partial charge >= 0.3 is 5.97 Å². The summed E-state index contributed by atoms with van der Waals surface area (Å²) in [6, 6.07) is 14.6. The molecule has 6 heteroatoms. The Hall–Kier alpha value is -2.57. The van der Waals surface area contributed by atoms with E-state index >= 15 is 0 Å². The van der Waals surface area contributed by atoms with Crippen molar-refractivity contribution in [3.8, 4) is 11.5 Å². The van der Waals surface area contributed by atoms with Crippen molar-refractivity contribution in [2.75, 3.05) is 21.3 Å². The standard InChI is InChI=1S/C19H20O6/c1-21-14-8-4-12(5-9-14)16-17(18(20)23-3)25-19(24-16)13-6-10-15(22-2)11-7-13/h4-11,16-17,19H,1-3H3/t16-,17+,19-/m0/s1. The summed E-state index contributed by atoms with van der Waals surface area (Å²) in [6.07, 6.45) is -2.07. The van der Waals surface area contributed by atoms with Crippen LogP contribution in [-0.4, -0.2) is 33.4 Å². The van der Waals surface area contributed by atoms with Gasteiger partial charge in [-0.15, -0.1) is 0 Å². The third-order valence-corrected chi connectivity index (χ3v) is 4.08. The molecular formula is C19H20O6. The topological polar surface area (TPSA) is 63.2 Å². The van der Waals surface area contributed by atoms with E-state index < -0.39 is 24.5 Å². The molecule has 0 saturated carbocycles. The number of benzene rings is 2. The Morgan fingerprint density at radius 2 is 1.32 bits per heavy atom. The molecule has 0 N–H and O–H groups in total. The first kappa shape index (κ1) is 17.3. The van der Waals surface area contributed by atoms with Crippen LogP contribution in [0.3, 0.4) is 0 Å². The fraction of sp³-hybridized carbons (Fsp3) is 0.316. The highest BCUT2D eigenvalue weighted by molar-refractivity contribution is 5.76. The van der Waals surface area contributed by atoms with Crippen LogP contribution in [0.4, 0.5) is 0 Å². The summed E-state index contributed by atoms with van der Waals surface area (Å²) in [5, 5.41) is 0. The van der Waals surface area contributed by atoms with Crippen LogP contribution in [0, 0.1) is 0 Å². The van der Waals surface area contributed by atoms with Crippen molar-refractivity contribution in [1.82, 2.24) is 0 Å². The minimum Gasteiger partial charge on any atom is -0.497 e. The molecule has 132 valence electrons. The lowest BCUT2D eigenvalue weighted by Crippen LogP contribution is -2.27. The van der Waals surface area contributed by atoms with Crippen molar-refractivity contribution in [2.45, 2.75) is 18.5 Å². The van der Waals surface area contributed by atoms with Gasteiger partial charge in [-0.1, -0.05) is 24.3 Å². The van der Waals surface area contributed by atoms with E-state index in [4.69, 9.17) is 23.7 Å². The maximum atomic E-state index is 12.1. The SMILES string of the molecule is COC(=O)[C@@H]1O[C@@H](c2ccc(OC)cc2)O[C@H]1c1ccc(OC)cc1. The van der Waals surface area contributed by atoms with Crippen LogP contribution < -0.4 is 9.47 Å². The summed E-state index contributed by atoms with van der Waals surface area (Å²) in [4.78, 5) is 12.1. The molecule has 2 aromatic carbocycles. The van der Waals surface area contributed by atoms with Crippen molar-refractivity contribution >= 4 is 5.97 Å². The third-order valence-electron chi connectivity index (χ3n) is 4.08. The van der Waals surface area contributed by atoms with Crippen molar-refractivity contribution in [3.63, 3.8) is 0 Å². The zero-order valence-electron chi connectivity index (χ0n) is 14.3. The Bertz CT molecular complexity index is 710. The van der Waals surface area contributed by atoms with Crippen LogP contribution in [0.2, 0.25) is 0 Å². The minimum atomic E-state index is -0.842. The van der Waals surface area contributed by atoms with E-state index in [1.807, 2.05) is 48.5 Å². The second-order valence-corrected chi connectivity index (χ2v) is 5.51. The number of hydrogen-bond donors (Lipinski definition) is 0. The second-order valence-electron chi connectivity index (χ2n) is 5.51. The van der Waals surface area contributed by atoms with E-state index in [9.17, 15) is 4.79 Å². The summed E-state index contributed by atoms with van der Waals surface area (Å²) < 4.78 is 27.0. The average Bonchev–Trinajstić information content (AvgIpc) is 3.13. The molecule has 0 aliphatic carbocycles. The molecule has 0 aromatic heterocycles. The smallest absolute Gasteiger partial charge is 0.338 e. The molecule has 1 fully saturated rings. The van der Waals surface area contributed by atoms with E-state index in [1.165, 1.54) is 7.11 Å². The Morgan fingerprint density at radius 1 is 0.800 bits per heavy atom. The van der Waals surface area contributed by atoms with Gasteiger partial charge in [0, 0.05) is 5.56 Å². The highest BCUT2D eigenvalue weighted by Gasteiger charge is 2.43. The first-order valence-corrected chi connectivity index (χ1v) is 7.83. The molecule has 0 radical (unpaired) electrons. The summed E-state index contributed by atoms with van der Waals surface area (Å²) in [5.74, 6) is 0.985. The number of methoxy groups -OCH3 is 3. The van der Waals surface area contributed by atoms with E-state index in [1.54, 1.807) is 14.2 Å². The quantitative estimate of drug-likeness (QED) is 0.777. The molecule has 1 saturated heterocycles. The average molecular weight is 344 g/mol. The van der Waals surface area contributed by atoms with Crippen molar-refractivity contribution < 1.29 is 28.5 Å². The van der Waals surface area contributed by atoms with E-state index in [0.29, 0.717) is 0 Å². The van der Waals surface area contributed by atoms with Crippen molar-refractivity contribution in [3.05, 3.63) is 59.7 Å². The molecule has 0 unspecified atom stereocenters. The number of ether oxygens (including phenoxy) is 5. The molecule has 2 aromatic rings. The lowest BCUT2D eigenvalue weighted by Gasteiger charge is -2.15. The lowest BCUT2D eigenvalue weighted by molar-refractivity contribution is -0.154. The van der Waals surface area contributed by atoms with Gasteiger partial charge in [0.2, 0.25) is 0 Å². The van der Waals surface area contributed by atoms with Crippen LogP contribution in [0.25, 0.3) is 0 Å². The van der Waals surface area contributed by atoms with Crippen LogP contribution in [0.15, 0.2) is 48.5 Å². The largest absolute Gasteiger partial charge is 0.497 e. The predicted octanol–water partition coefficient (Wildman–Crippen LogP) is 3.03. The number of carbonyl (C=O) groups excluding carboxylic acids is 1. The van der Waals surface area contributed by atoms with Gasteiger partial charge in [0.05, 0.1) is 21.3 Å². The van der Waals surface area contributed by atoms with Crippen LogP contribution in [0.5, 0.6) is 11.5 Å². The molecule has 0 bridgehead atoms. The van der Waals surface area contributed by atoms with E-state index in [-0.39, 0.29) is 0 Å². The van der Waals surface area contributed by atoms with Gasteiger partial charge in [0.1, 0.15) is 17.6 Å². The van der Waals surface area contributed by atoms with Crippen LogP contribution >= 0.6 is 0 Å². The minimum absolute atomic E-state index is 0.475. The molecule has 0 spiro atoms. The summed E-state index contributed by atoms with van der Waals surface area (Å²) >= 11 is 0. The molecule has 1 aliphatic rings. The van der Waals surface area contributed by atoms with Gasteiger partial charge in [0.15, 0.2) is 12.4 Å². The Morgan fingerprint density at radius 3 is 1.80 bits per heavy atom.